The number of thioether (sulfide) groups is 1. The Bertz CT molecular complexity index is 389. The van der Waals surface area contributed by atoms with E-state index in [1.54, 1.807) is 0 Å². The van der Waals surface area contributed by atoms with Crippen LogP contribution in [0.25, 0.3) is 0 Å². The minimum absolute atomic E-state index is 0.288. The van der Waals surface area contributed by atoms with Gasteiger partial charge in [0.1, 0.15) is 0 Å². The third-order valence-electron chi connectivity index (χ3n) is 4.37. The number of nitrogens with one attached hydrogen (secondary N) is 1. The lowest BCUT2D eigenvalue weighted by molar-refractivity contribution is 0.463. The Morgan fingerprint density at radius 2 is 2.50 bits per heavy atom. The van der Waals surface area contributed by atoms with E-state index in [9.17, 15) is 0 Å². The summed E-state index contributed by atoms with van der Waals surface area (Å²) in [6, 6.07) is 0. The van der Waals surface area contributed by atoms with Crippen molar-refractivity contribution in [2.45, 2.75) is 49.8 Å². The van der Waals surface area contributed by atoms with Crippen molar-refractivity contribution in [1.29, 1.82) is 0 Å². The van der Waals surface area contributed by atoms with Crippen LogP contribution in [-0.2, 0) is 12.0 Å². The molecule has 1 aromatic rings. The molecular weight excluding hydrogens is 242 g/mol. The molecule has 0 spiro atoms. The smallest absolute Gasteiger partial charge is 0.0948 e. The molecule has 3 rings (SSSR count). The zero-order valence-electron chi connectivity index (χ0n) is 11.2. The van der Waals surface area contributed by atoms with Gasteiger partial charge in [0.15, 0.2) is 0 Å². The van der Waals surface area contributed by atoms with Crippen molar-refractivity contribution < 1.29 is 0 Å². The average Bonchev–Trinajstić information content (AvgIpc) is 3.00. The highest BCUT2D eigenvalue weighted by Gasteiger charge is 2.33. The summed E-state index contributed by atoms with van der Waals surface area (Å²) in [6.07, 6.45) is 9.53. The normalized spacial score (nSPS) is 32.8. The molecular formula is C14H23N3S. The molecule has 1 aromatic heterocycles. The zero-order valence-corrected chi connectivity index (χ0v) is 12.0. The maximum absolute atomic E-state index is 4.40. The van der Waals surface area contributed by atoms with Gasteiger partial charge in [0.05, 0.1) is 6.33 Å². The first kappa shape index (κ1) is 12.5. The van der Waals surface area contributed by atoms with Gasteiger partial charge < -0.3 is 9.88 Å². The van der Waals surface area contributed by atoms with Crippen LogP contribution in [0, 0.1) is 0 Å². The van der Waals surface area contributed by atoms with Crippen molar-refractivity contribution in [1.82, 2.24) is 14.9 Å². The van der Waals surface area contributed by atoms with E-state index in [1.807, 2.05) is 6.33 Å². The van der Waals surface area contributed by atoms with E-state index in [-0.39, 0.29) is 5.41 Å². The van der Waals surface area contributed by atoms with E-state index in [0.29, 0.717) is 0 Å². The SMILES string of the molecule is CC1(c2cncn2CC2CCCCS2)CCNC1. The summed E-state index contributed by atoms with van der Waals surface area (Å²) in [4.78, 5) is 4.40. The van der Waals surface area contributed by atoms with Crippen LogP contribution in [0.5, 0.6) is 0 Å². The average molecular weight is 265 g/mol. The number of nitrogens with zero attached hydrogens (tertiary/aromatic N) is 2. The molecule has 18 heavy (non-hydrogen) atoms. The van der Waals surface area contributed by atoms with Gasteiger partial charge in [0.25, 0.3) is 0 Å². The molecule has 0 bridgehead atoms. The summed E-state index contributed by atoms with van der Waals surface area (Å²) in [5, 5.41) is 4.28. The fraction of sp³-hybridized carbons (Fsp3) is 0.786. The third kappa shape index (κ3) is 2.45. The van der Waals surface area contributed by atoms with Crippen molar-refractivity contribution in [3.63, 3.8) is 0 Å². The van der Waals surface area contributed by atoms with E-state index in [2.05, 4.69) is 39.8 Å². The minimum Gasteiger partial charge on any atom is -0.333 e. The number of imidazole rings is 1. The Labute approximate surface area is 114 Å². The second kappa shape index (κ2) is 5.25. The van der Waals surface area contributed by atoms with E-state index in [0.717, 1.165) is 24.9 Å². The first-order valence-electron chi connectivity index (χ1n) is 7.11. The standard InChI is InChI=1S/C14H23N3S/c1-14(5-6-15-10-14)13-8-16-11-17(13)9-12-4-2-3-7-18-12/h8,11-12,15H,2-7,9-10H2,1H3. The molecule has 2 atom stereocenters. The van der Waals surface area contributed by atoms with Crippen LogP contribution in [0.1, 0.15) is 38.3 Å². The van der Waals surface area contributed by atoms with Gasteiger partial charge in [-0.25, -0.2) is 4.98 Å². The van der Waals surface area contributed by atoms with Gasteiger partial charge in [0.2, 0.25) is 0 Å². The molecule has 4 heteroatoms. The Morgan fingerprint density at radius 1 is 1.56 bits per heavy atom. The molecule has 2 unspecified atom stereocenters. The number of hydrogen-bond donors (Lipinski definition) is 1. The lowest BCUT2D eigenvalue weighted by atomic mass is 9.86. The van der Waals surface area contributed by atoms with E-state index < -0.39 is 0 Å². The second-order valence-electron chi connectivity index (χ2n) is 5.91. The van der Waals surface area contributed by atoms with Gasteiger partial charge in [0, 0.05) is 35.6 Å². The van der Waals surface area contributed by atoms with Crippen LogP contribution in [0.2, 0.25) is 0 Å². The largest absolute Gasteiger partial charge is 0.333 e. The number of aromatic nitrogens is 2. The third-order valence-corrected chi connectivity index (χ3v) is 5.75. The molecule has 0 saturated carbocycles. The lowest BCUT2D eigenvalue weighted by Gasteiger charge is -2.27. The molecule has 2 aliphatic heterocycles. The highest BCUT2D eigenvalue weighted by Crippen LogP contribution is 2.32. The fourth-order valence-electron chi connectivity index (χ4n) is 3.18. The van der Waals surface area contributed by atoms with Crippen molar-refractivity contribution in [2.24, 2.45) is 0 Å². The molecule has 2 aliphatic rings. The maximum Gasteiger partial charge on any atom is 0.0948 e. The molecule has 2 fully saturated rings. The van der Waals surface area contributed by atoms with Gasteiger partial charge in [-0.1, -0.05) is 13.3 Å². The van der Waals surface area contributed by atoms with Crippen molar-refractivity contribution in [3.8, 4) is 0 Å². The predicted molar refractivity (Wildman–Crippen MR) is 77.2 cm³/mol. The molecule has 3 nitrogen and oxygen atoms in total. The molecule has 0 radical (unpaired) electrons. The lowest BCUT2D eigenvalue weighted by Crippen LogP contribution is -2.29. The molecule has 100 valence electrons. The van der Waals surface area contributed by atoms with Gasteiger partial charge >= 0.3 is 0 Å². The van der Waals surface area contributed by atoms with Crippen LogP contribution < -0.4 is 5.32 Å². The Balaban J connectivity index is 1.74. The molecule has 0 amide bonds. The van der Waals surface area contributed by atoms with Crippen LogP contribution >= 0.6 is 11.8 Å². The second-order valence-corrected chi connectivity index (χ2v) is 7.32. The van der Waals surface area contributed by atoms with Crippen LogP contribution in [0.15, 0.2) is 12.5 Å². The van der Waals surface area contributed by atoms with Crippen LogP contribution in [-0.4, -0.2) is 33.6 Å². The number of rotatable bonds is 3. The molecule has 0 aromatic carbocycles. The van der Waals surface area contributed by atoms with Crippen LogP contribution in [0.3, 0.4) is 0 Å². The molecule has 3 heterocycles. The summed E-state index contributed by atoms with van der Waals surface area (Å²) in [5.41, 5.74) is 1.72. The van der Waals surface area contributed by atoms with E-state index in [1.165, 1.54) is 37.1 Å². The monoisotopic (exact) mass is 265 g/mol. The minimum atomic E-state index is 0.288. The van der Waals surface area contributed by atoms with Gasteiger partial charge in [-0.3, -0.25) is 0 Å². The Kier molecular flexibility index (Phi) is 3.66. The molecule has 0 aliphatic carbocycles. The number of hydrogen-bond acceptors (Lipinski definition) is 3. The Hall–Kier alpha value is -0.480. The van der Waals surface area contributed by atoms with Crippen molar-refractivity contribution >= 4 is 11.8 Å². The van der Waals surface area contributed by atoms with Gasteiger partial charge in [-0.05, 0) is 31.6 Å². The fourth-order valence-corrected chi connectivity index (χ4v) is 4.48. The van der Waals surface area contributed by atoms with E-state index >= 15 is 0 Å². The molecule has 1 N–H and O–H groups in total. The summed E-state index contributed by atoms with van der Waals surface area (Å²) in [7, 11) is 0. The highest BCUT2D eigenvalue weighted by molar-refractivity contribution is 7.99. The zero-order chi connectivity index (χ0) is 12.4. The molecule has 2 saturated heterocycles. The van der Waals surface area contributed by atoms with Crippen LogP contribution in [0.4, 0.5) is 0 Å². The Morgan fingerprint density at radius 3 is 3.22 bits per heavy atom. The maximum atomic E-state index is 4.40. The highest BCUT2D eigenvalue weighted by atomic mass is 32.2. The van der Waals surface area contributed by atoms with E-state index in [4.69, 9.17) is 0 Å². The predicted octanol–water partition coefficient (Wildman–Crippen LogP) is 2.42. The summed E-state index contributed by atoms with van der Waals surface area (Å²) >= 11 is 2.15. The van der Waals surface area contributed by atoms with Crippen molar-refractivity contribution in [2.75, 3.05) is 18.8 Å². The summed E-state index contributed by atoms with van der Waals surface area (Å²) in [5.74, 6) is 1.34. The quantitative estimate of drug-likeness (QED) is 0.910. The topological polar surface area (TPSA) is 29.9 Å². The summed E-state index contributed by atoms with van der Waals surface area (Å²) in [6.45, 7) is 5.75. The van der Waals surface area contributed by atoms with Gasteiger partial charge in [-0.2, -0.15) is 11.8 Å². The summed E-state index contributed by atoms with van der Waals surface area (Å²) < 4.78 is 2.41. The van der Waals surface area contributed by atoms with Crippen molar-refractivity contribution in [3.05, 3.63) is 18.2 Å². The first-order valence-corrected chi connectivity index (χ1v) is 8.16. The first-order chi connectivity index (χ1) is 8.78. The van der Waals surface area contributed by atoms with Gasteiger partial charge in [-0.15, -0.1) is 0 Å².